The maximum Gasteiger partial charge on any atom is -0.000728 e. The van der Waals surface area contributed by atoms with Crippen LogP contribution in [0.1, 0.15) is 11.1 Å². The van der Waals surface area contributed by atoms with E-state index < -0.39 is 0 Å². The van der Waals surface area contributed by atoms with Crippen molar-refractivity contribution in [3.05, 3.63) is 181 Å². The van der Waals surface area contributed by atoms with E-state index in [-0.39, 0.29) is 0 Å². The summed E-state index contributed by atoms with van der Waals surface area (Å²) in [4.78, 5) is 0. The van der Waals surface area contributed by atoms with Crippen LogP contribution in [0.4, 0.5) is 0 Å². The molecule has 43 heavy (non-hydrogen) atoms. The van der Waals surface area contributed by atoms with Crippen molar-refractivity contribution in [1.29, 1.82) is 0 Å². The molecule has 0 heteroatoms. The summed E-state index contributed by atoms with van der Waals surface area (Å²) in [5.41, 5.74) is 10.3. The Labute approximate surface area is 252 Å². The molecule has 202 valence electrons. The maximum atomic E-state index is 2.30. The highest BCUT2D eigenvalue weighted by Gasteiger charge is 2.17. The molecule has 0 amide bonds. The van der Waals surface area contributed by atoms with Gasteiger partial charge in [-0.05, 0) is 83.2 Å². The molecule has 0 aromatic heterocycles. The van der Waals surface area contributed by atoms with E-state index in [0.717, 1.165) is 6.42 Å². The second kappa shape index (κ2) is 10.7. The molecule has 0 bridgehead atoms. The molecular formula is C43H30. The third kappa shape index (κ3) is 4.49. The van der Waals surface area contributed by atoms with Crippen molar-refractivity contribution in [2.75, 3.05) is 0 Å². The fourth-order valence-electron chi connectivity index (χ4n) is 6.78. The van der Waals surface area contributed by atoms with Crippen molar-refractivity contribution in [3.63, 3.8) is 0 Å². The second-order valence-electron chi connectivity index (χ2n) is 11.2. The molecule has 0 heterocycles. The van der Waals surface area contributed by atoms with Crippen LogP contribution in [0.5, 0.6) is 0 Å². The first-order valence-electron chi connectivity index (χ1n) is 15.0. The molecule has 8 aromatic carbocycles. The molecule has 0 atom stereocenters. The molecule has 0 spiro atoms. The lowest BCUT2D eigenvalue weighted by atomic mass is 9.85. The lowest BCUT2D eigenvalue weighted by Gasteiger charge is -2.19. The number of rotatable bonds is 5. The fraction of sp³-hybridized carbons (Fsp3) is 0.0233. The van der Waals surface area contributed by atoms with E-state index in [1.54, 1.807) is 0 Å². The largest absolute Gasteiger partial charge is 0.0622 e. The normalized spacial score (nSPS) is 11.3. The molecule has 0 nitrogen and oxygen atoms in total. The summed E-state index contributed by atoms with van der Waals surface area (Å²) < 4.78 is 0. The van der Waals surface area contributed by atoms with Gasteiger partial charge in [0.15, 0.2) is 0 Å². The second-order valence-corrected chi connectivity index (χ2v) is 11.2. The highest BCUT2D eigenvalue weighted by molar-refractivity contribution is 6.15. The summed E-state index contributed by atoms with van der Waals surface area (Å²) in [6, 6.07) is 61.8. The minimum Gasteiger partial charge on any atom is -0.0622 e. The van der Waals surface area contributed by atoms with Crippen LogP contribution >= 0.6 is 0 Å². The predicted molar refractivity (Wildman–Crippen MR) is 185 cm³/mol. The van der Waals surface area contributed by atoms with Crippen molar-refractivity contribution in [2.45, 2.75) is 6.42 Å². The van der Waals surface area contributed by atoms with E-state index in [2.05, 4.69) is 170 Å². The topological polar surface area (TPSA) is 0 Å². The van der Waals surface area contributed by atoms with Gasteiger partial charge in [-0.2, -0.15) is 0 Å². The van der Waals surface area contributed by atoms with Gasteiger partial charge >= 0.3 is 0 Å². The van der Waals surface area contributed by atoms with Crippen molar-refractivity contribution < 1.29 is 0 Å². The van der Waals surface area contributed by atoms with E-state index in [1.165, 1.54) is 76.8 Å². The van der Waals surface area contributed by atoms with E-state index >= 15 is 0 Å². The molecule has 0 radical (unpaired) electrons. The van der Waals surface area contributed by atoms with Crippen LogP contribution in [0.3, 0.4) is 0 Å². The van der Waals surface area contributed by atoms with E-state index in [0.29, 0.717) is 0 Å². The maximum absolute atomic E-state index is 2.30. The van der Waals surface area contributed by atoms with Gasteiger partial charge in [-0.3, -0.25) is 0 Å². The predicted octanol–water partition coefficient (Wildman–Crippen LogP) is 11.7. The molecular weight excluding hydrogens is 516 g/mol. The summed E-state index contributed by atoms with van der Waals surface area (Å²) >= 11 is 0. The molecule has 0 aliphatic rings. The lowest BCUT2D eigenvalue weighted by molar-refractivity contribution is 1.23. The first-order valence-corrected chi connectivity index (χ1v) is 15.0. The van der Waals surface area contributed by atoms with Gasteiger partial charge in [-0.25, -0.2) is 0 Å². The van der Waals surface area contributed by atoms with Gasteiger partial charge in [0.25, 0.3) is 0 Å². The molecule has 0 saturated carbocycles. The highest BCUT2D eigenvalue weighted by Crippen LogP contribution is 2.41. The molecule has 0 fully saturated rings. The van der Waals surface area contributed by atoms with Gasteiger partial charge in [-0.15, -0.1) is 0 Å². The van der Waals surface area contributed by atoms with E-state index in [1.807, 2.05) is 0 Å². The molecule has 0 saturated heterocycles. The summed E-state index contributed by atoms with van der Waals surface area (Å²) in [6.45, 7) is 0. The van der Waals surface area contributed by atoms with Gasteiger partial charge in [0, 0.05) is 0 Å². The number of fused-ring (bicyclic) bond motifs is 3. The van der Waals surface area contributed by atoms with Crippen LogP contribution in [0.2, 0.25) is 0 Å². The Morgan fingerprint density at radius 2 is 0.791 bits per heavy atom. The lowest BCUT2D eigenvalue weighted by Crippen LogP contribution is -1.97. The van der Waals surface area contributed by atoms with Crippen LogP contribution in [0, 0.1) is 0 Å². The summed E-state index contributed by atoms with van der Waals surface area (Å²) in [6.07, 6.45) is 0.867. The van der Waals surface area contributed by atoms with E-state index in [9.17, 15) is 0 Å². The third-order valence-corrected chi connectivity index (χ3v) is 8.79. The van der Waals surface area contributed by atoms with Crippen molar-refractivity contribution >= 4 is 32.3 Å². The molecule has 0 N–H and O–H groups in total. The Balaban J connectivity index is 1.30. The van der Waals surface area contributed by atoms with Crippen LogP contribution in [0.15, 0.2) is 170 Å². The smallest absolute Gasteiger partial charge is 0.000728 e. The fourth-order valence-corrected chi connectivity index (χ4v) is 6.78. The quantitative estimate of drug-likeness (QED) is 0.188. The Bertz CT molecular complexity index is 2180. The van der Waals surface area contributed by atoms with Gasteiger partial charge < -0.3 is 0 Å². The molecule has 0 aliphatic heterocycles. The van der Waals surface area contributed by atoms with Crippen LogP contribution in [-0.2, 0) is 6.42 Å². The van der Waals surface area contributed by atoms with Crippen molar-refractivity contribution in [2.24, 2.45) is 0 Å². The molecule has 0 aliphatic carbocycles. The van der Waals surface area contributed by atoms with Crippen LogP contribution in [-0.4, -0.2) is 0 Å². The Morgan fingerprint density at radius 1 is 0.302 bits per heavy atom. The molecule has 0 unspecified atom stereocenters. The summed E-state index contributed by atoms with van der Waals surface area (Å²) in [5, 5.41) is 7.78. The number of hydrogen-bond donors (Lipinski definition) is 0. The Hall–Kier alpha value is -5.46. The zero-order valence-electron chi connectivity index (χ0n) is 23.9. The molecule has 8 aromatic rings. The zero-order valence-corrected chi connectivity index (χ0v) is 23.9. The van der Waals surface area contributed by atoms with Gasteiger partial charge in [0.2, 0.25) is 0 Å². The molecule has 8 rings (SSSR count). The summed E-state index contributed by atoms with van der Waals surface area (Å²) in [7, 11) is 0. The third-order valence-electron chi connectivity index (χ3n) is 8.79. The summed E-state index contributed by atoms with van der Waals surface area (Å²) in [5.74, 6) is 0. The average Bonchev–Trinajstić information content (AvgIpc) is 3.09. The minimum atomic E-state index is 0.867. The van der Waals surface area contributed by atoms with E-state index in [4.69, 9.17) is 0 Å². The monoisotopic (exact) mass is 546 g/mol. The Kier molecular flexibility index (Phi) is 6.31. The van der Waals surface area contributed by atoms with Gasteiger partial charge in [0.05, 0.1) is 0 Å². The average molecular weight is 547 g/mol. The minimum absolute atomic E-state index is 0.867. The number of benzene rings is 8. The first-order chi connectivity index (χ1) is 21.3. The van der Waals surface area contributed by atoms with Gasteiger partial charge in [0.1, 0.15) is 0 Å². The SMILES string of the molecule is c1ccc(-c2ccccc2Cc2c3ccccc3c(-c3ccc(-c4cccc5ccccc45)cc3)c3ccccc23)cc1. The number of hydrogen-bond acceptors (Lipinski definition) is 0. The van der Waals surface area contributed by atoms with Crippen molar-refractivity contribution in [3.8, 4) is 33.4 Å². The van der Waals surface area contributed by atoms with Crippen molar-refractivity contribution in [1.82, 2.24) is 0 Å². The zero-order chi connectivity index (χ0) is 28.6. The first kappa shape index (κ1) is 25.3. The van der Waals surface area contributed by atoms with Crippen LogP contribution < -0.4 is 0 Å². The highest BCUT2D eigenvalue weighted by atomic mass is 14.2. The van der Waals surface area contributed by atoms with Crippen LogP contribution in [0.25, 0.3) is 65.7 Å². The van der Waals surface area contributed by atoms with Gasteiger partial charge in [-0.1, -0.05) is 170 Å². The standard InChI is InChI=1S/C43H30/c1-2-13-30(14-3-1)35-18-6-5-16-34(35)29-42-38-20-8-10-22-40(38)43(41-23-11-9-21-39(41)42)33-27-25-32(26-28-33)37-24-12-17-31-15-4-7-19-36(31)37/h1-28H,29H2. The Morgan fingerprint density at radius 3 is 1.51 bits per heavy atom.